The number of fused-ring (bicyclic) bond motifs is 1. The maximum atomic E-state index is 12.2. The van der Waals surface area contributed by atoms with Crippen molar-refractivity contribution in [2.45, 2.75) is 0 Å². The van der Waals surface area contributed by atoms with E-state index in [0.717, 1.165) is 5.39 Å². The van der Waals surface area contributed by atoms with Gasteiger partial charge in [-0.1, -0.05) is 12.1 Å². The molecule has 0 saturated heterocycles. The minimum absolute atomic E-state index is 0.0815. The summed E-state index contributed by atoms with van der Waals surface area (Å²) in [5.41, 5.74) is 0.954. The zero-order chi connectivity index (χ0) is 15.5. The molecule has 5 nitrogen and oxygen atoms in total. The molecule has 0 fully saturated rings. The van der Waals surface area contributed by atoms with Gasteiger partial charge in [-0.2, -0.15) is 0 Å². The number of benzene rings is 2. The molecule has 5 heteroatoms. The largest absolute Gasteiger partial charge is 0.506 e. The Hall–Kier alpha value is -3.08. The fourth-order valence-corrected chi connectivity index (χ4v) is 2.13. The van der Waals surface area contributed by atoms with E-state index in [9.17, 15) is 9.90 Å². The zero-order valence-electron chi connectivity index (χ0n) is 11.9. The maximum absolute atomic E-state index is 12.2. The van der Waals surface area contributed by atoms with Crippen molar-refractivity contribution < 1.29 is 14.6 Å². The first-order valence-electron chi connectivity index (χ1n) is 6.71. The lowest BCUT2D eigenvalue weighted by molar-refractivity contribution is 0.102. The third kappa shape index (κ3) is 2.69. The molecule has 3 aromatic rings. The van der Waals surface area contributed by atoms with E-state index < -0.39 is 0 Å². The number of rotatable bonds is 3. The predicted molar refractivity (Wildman–Crippen MR) is 84.4 cm³/mol. The number of hydrogen-bond donors (Lipinski definition) is 2. The zero-order valence-corrected chi connectivity index (χ0v) is 11.9. The summed E-state index contributed by atoms with van der Waals surface area (Å²) in [6.45, 7) is 0. The van der Waals surface area contributed by atoms with Crippen LogP contribution in [0.3, 0.4) is 0 Å². The Bertz CT molecular complexity index is 829. The monoisotopic (exact) mass is 294 g/mol. The molecule has 1 aromatic heterocycles. The lowest BCUT2D eigenvalue weighted by Gasteiger charge is -2.07. The van der Waals surface area contributed by atoms with Gasteiger partial charge in [0, 0.05) is 10.9 Å². The van der Waals surface area contributed by atoms with Crippen LogP contribution in [0.2, 0.25) is 0 Å². The van der Waals surface area contributed by atoms with Crippen LogP contribution < -0.4 is 10.1 Å². The number of amides is 1. The summed E-state index contributed by atoms with van der Waals surface area (Å²) in [5.74, 6) is 0.878. The van der Waals surface area contributed by atoms with Gasteiger partial charge in [-0.15, -0.1) is 0 Å². The number of phenolic OH excluding ortho intramolecular Hbond substituents is 1. The summed E-state index contributed by atoms with van der Waals surface area (Å²) in [5, 5.41) is 13.3. The molecular formula is C17H14N2O3. The smallest absolute Gasteiger partial charge is 0.256 e. The third-order valence-electron chi connectivity index (χ3n) is 3.29. The molecule has 0 atom stereocenters. The molecule has 0 radical (unpaired) electrons. The van der Waals surface area contributed by atoms with Gasteiger partial charge < -0.3 is 15.2 Å². The molecule has 22 heavy (non-hydrogen) atoms. The minimum atomic E-state index is -0.273. The van der Waals surface area contributed by atoms with Crippen LogP contribution in [0, 0.1) is 0 Å². The highest BCUT2D eigenvalue weighted by molar-refractivity contribution is 6.04. The number of nitrogens with one attached hydrogen (secondary N) is 1. The van der Waals surface area contributed by atoms with Gasteiger partial charge in [0.15, 0.2) is 0 Å². The van der Waals surface area contributed by atoms with E-state index in [4.69, 9.17) is 4.74 Å². The van der Waals surface area contributed by atoms with Crippen LogP contribution in [0.15, 0.2) is 54.6 Å². The van der Waals surface area contributed by atoms with E-state index in [-0.39, 0.29) is 11.7 Å². The van der Waals surface area contributed by atoms with E-state index >= 15 is 0 Å². The number of nitrogens with zero attached hydrogens (tertiary/aromatic N) is 1. The molecule has 3 rings (SSSR count). The van der Waals surface area contributed by atoms with Crippen molar-refractivity contribution in [1.29, 1.82) is 0 Å². The van der Waals surface area contributed by atoms with Crippen molar-refractivity contribution in [3.05, 3.63) is 60.2 Å². The highest BCUT2D eigenvalue weighted by Gasteiger charge is 2.08. The normalized spacial score (nSPS) is 10.4. The lowest BCUT2D eigenvalue weighted by atomic mass is 10.2. The minimum Gasteiger partial charge on any atom is -0.506 e. The van der Waals surface area contributed by atoms with E-state index in [1.54, 1.807) is 55.6 Å². The number of anilines is 1. The molecule has 0 unspecified atom stereocenters. The molecule has 0 aliphatic heterocycles. The van der Waals surface area contributed by atoms with E-state index in [1.807, 2.05) is 6.07 Å². The Morgan fingerprint density at radius 2 is 1.86 bits per heavy atom. The Morgan fingerprint density at radius 3 is 2.59 bits per heavy atom. The summed E-state index contributed by atoms with van der Waals surface area (Å²) in [7, 11) is 1.57. The summed E-state index contributed by atoms with van der Waals surface area (Å²) >= 11 is 0. The highest BCUT2D eigenvalue weighted by Crippen LogP contribution is 2.24. The SMILES string of the molecule is COc1ccc(C(=O)Nc2ccc3cccc(O)c3n2)cc1. The fraction of sp³-hybridized carbons (Fsp3) is 0.0588. The van der Waals surface area contributed by atoms with Crippen molar-refractivity contribution in [2.75, 3.05) is 12.4 Å². The second-order valence-electron chi connectivity index (χ2n) is 4.73. The Labute approximate surface area is 127 Å². The molecule has 1 amide bonds. The molecule has 2 N–H and O–H groups in total. The van der Waals surface area contributed by atoms with Gasteiger partial charge in [0.25, 0.3) is 5.91 Å². The second kappa shape index (κ2) is 5.73. The number of carbonyl (C=O) groups excluding carboxylic acids is 1. The molecular weight excluding hydrogens is 280 g/mol. The van der Waals surface area contributed by atoms with Crippen molar-refractivity contribution in [1.82, 2.24) is 4.98 Å². The Kier molecular flexibility index (Phi) is 3.62. The highest BCUT2D eigenvalue weighted by atomic mass is 16.5. The van der Waals surface area contributed by atoms with Crippen molar-refractivity contribution >= 4 is 22.6 Å². The Balaban J connectivity index is 1.85. The maximum Gasteiger partial charge on any atom is 0.256 e. The first kappa shape index (κ1) is 13.9. The van der Waals surface area contributed by atoms with Crippen molar-refractivity contribution in [2.24, 2.45) is 0 Å². The van der Waals surface area contributed by atoms with Gasteiger partial charge in [0.2, 0.25) is 0 Å². The standard InChI is InChI=1S/C17H14N2O3/c1-22-13-8-5-12(6-9-13)17(21)19-15-10-7-11-3-2-4-14(20)16(11)18-15/h2-10,20H,1H3,(H,18,19,21). The molecule has 0 spiro atoms. The van der Waals surface area contributed by atoms with E-state index in [0.29, 0.717) is 22.6 Å². The molecule has 2 aromatic carbocycles. The average Bonchev–Trinajstić information content (AvgIpc) is 2.55. The van der Waals surface area contributed by atoms with E-state index in [2.05, 4.69) is 10.3 Å². The quantitative estimate of drug-likeness (QED) is 0.778. The molecule has 0 bridgehead atoms. The number of phenols is 1. The number of aromatic nitrogens is 1. The van der Waals surface area contributed by atoms with Gasteiger partial charge in [-0.25, -0.2) is 4.98 Å². The summed E-state index contributed by atoms with van der Waals surface area (Å²) in [6, 6.07) is 15.4. The van der Waals surface area contributed by atoms with Gasteiger partial charge in [-0.05, 0) is 42.5 Å². The van der Waals surface area contributed by atoms with Crippen LogP contribution in [0.1, 0.15) is 10.4 Å². The third-order valence-corrected chi connectivity index (χ3v) is 3.29. The van der Waals surface area contributed by atoms with Crippen LogP contribution in [0.4, 0.5) is 5.82 Å². The molecule has 0 saturated carbocycles. The van der Waals surface area contributed by atoms with Gasteiger partial charge in [0.05, 0.1) is 7.11 Å². The van der Waals surface area contributed by atoms with Crippen LogP contribution in [-0.2, 0) is 0 Å². The number of hydrogen-bond acceptors (Lipinski definition) is 4. The summed E-state index contributed by atoms with van der Waals surface area (Å²) in [4.78, 5) is 16.4. The fourth-order valence-electron chi connectivity index (χ4n) is 2.13. The molecule has 0 aliphatic carbocycles. The molecule has 110 valence electrons. The van der Waals surface area contributed by atoms with Crippen LogP contribution in [0.25, 0.3) is 10.9 Å². The van der Waals surface area contributed by atoms with Gasteiger partial charge >= 0.3 is 0 Å². The van der Waals surface area contributed by atoms with Crippen LogP contribution >= 0.6 is 0 Å². The topological polar surface area (TPSA) is 71.5 Å². The van der Waals surface area contributed by atoms with Gasteiger partial charge in [-0.3, -0.25) is 4.79 Å². The number of aromatic hydroxyl groups is 1. The van der Waals surface area contributed by atoms with Crippen LogP contribution in [0.5, 0.6) is 11.5 Å². The lowest BCUT2D eigenvalue weighted by Crippen LogP contribution is -2.12. The molecule has 0 aliphatic rings. The second-order valence-corrected chi connectivity index (χ2v) is 4.73. The molecule has 1 heterocycles. The Morgan fingerprint density at radius 1 is 1.09 bits per heavy atom. The number of para-hydroxylation sites is 1. The number of carbonyl (C=O) groups is 1. The first-order chi connectivity index (χ1) is 10.7. The van der Waals surface area contributed by atoms with Crippen molar-refractivity contribution in [3.63, 3.8) is 0 Å². The van der Waals surface area contributed by atoms with E-state index in [1.165, 1.54) is 0 Å². The number of methoxy groups -OCH3 is 1. The summed E-state index contributed by atoms with van der Waals surface area (Å²) in [6.07, 6.45) is 0. The van der Waals surface area contributed by atoms with Crippen LogP contribution in [-0.4, -0.2) is 23.1 Å². The van der Waals surface area contributed by atoms with Gasteiger partial charge in [0.1, 0.15) is 22.8 Å². The summed E-state index contributed by atoms with van der Waals surface area (Å²) < 4.78 is 5.06. The number of ether oxygens (including phenoxy) is 1. The average molecular weight is 294 g/mol. The van der Waals surface area contributed by atoms with Crippen molar-refractivity contribution in [3.8, 4) is 11.5 Å². The first-order valence-corrected chi connectivity index (χ1v) is 6.71. The predicted octanol–water partition coefficient (Wildman–Crippen LogP) is 3.20. The number of pyridine rings is 1.